The normalized spacial score (nSPS) is 13.2. The van der Waals surface area contributed by atoms with Crippen LogP contribution in [0.5, 0.6) is 0 Å². The zero-order chi connectivity index (χ0) is 11.0. The van der Waals surface area contributed by atoms with Crippen LogP contribution in [0.1, 0.15) is 26.7 Å². The Labute approximate surface area is 85.3 Å². The van der Waals surface area contributed by atoms with Gasteiger partial charge in [-0.3, -0.25) is 0 Å². The first-order valence-electron chi connectivity index (χ1n) is 4.72. The van der Waals surface area contributed by atoms with Crippen LogP contribution >= 0.6 is 0 Å². The number of oxime groups is 1. The molecular formula is C9H21N3O2. The molecule has 4 N–H and O–H groups in total. The van der Waals surface area contributed by atoms with Crippen molar-refractivity contribution >= 4 is 5.84 Å². The highest BCUT2D eigenvalue weighted by Crippen LogP contribution is 2.02. The number of rotatable bonds is 7. The van der Waals surface area contributed by atoms with Gasteiger partial charge in [-0.05, 0) is 26.8 Å². The van der Waals surface area contributed by atoms with Crippen molar-refractivity contribution in [1.82, 2.24) is 5.32 Å². The van der Waals surface area contributed by atoms with Gasteiger partial charge >= 0.3 is 0 Å². The number of hydrogen-bond acceptors (Lipinski definition) is 4. The van der Waals surface area contributed by atoms with E-state index in [9.17, 15) is 0 Å². The minimum Gasteiger partial charge on any atom is -0.409 e. The molecule has 0 aromatic carbocycles. The largest absolute Gasteiger partial charge is 0.409 e. The lowest BCUT2D eigenvalue weighted by Crippen LogP contribution is -2.43. The molecule has 0 unspecified atom stereocenters. The third kappa shape index (κ3) is 6.68. The first kappa shape index (κ1) is 13.2. The molecule has 84 valence electrons. The fourth-order valence-corrected chi connectivity index (χ4v) is 1.16. The summed E-state index contributed by atoms with van der Waals surface area (Å²) in [4.78, 5) is 0. The quantitative estimate of drug-likeness (QED) is 0.185. The van der Waals surface area contributed by atoms with Gasteiger partial charge in [-0.2, -0.15) is 0 Å². The minimum absolute atomic E-state index is 0.0279. The summed E-state index contributed by atoms with van der Waals surface area (Å²) in [5, 5.41) is 14.5. The Balaban J connectivity index is 3.53. The number of ether oxygens (including phenoxy) is 1. The standard InChI is InChI=1S/C9H21N3O2/c1-9(2,7-14-3)11-6-4-5-8(10)12-13/h11,13H,4-7H2,1-3H3,(H2,10,12). The monoisotopic (exact) mass is 203 g/mol. The van der Waals surface area contributed by atoms with Gasteiger partial charge in [0.25, 0.3) is 0 Å². The molecular weight excluding hydrogens is 182 g/mol. The molecule has 0 saturated carbocycles. The summed E-state index contributed by atoms with van der Waals surface area (Å²) in [6.07, 6.45) is 1.45. The molecule has 5 heteroatoms. The van der Waals surface area contributed by atoms with Crippen molar-refractivity contribution in [3.8, 4) is 0 Å². The van der Waals surface area contributed by atoms with Crippen LogP contribution in [0, 0.1) is 0 Å². The smallest absolute Gasteiger partial charge is 0.139 e. The van der Waals surface area contributed by atoms with Gasteiger partial charge in [0.05, 0.1) is 6.61 Å². The van der Waals surface area contributed by atoms with E-state index in [2.05, 4.69) is 24.3 Å². The number of nitrogens with two attached hydrogens (primary N) is 1. The Bertz CT molecular complexity index is 181. The van der Waals surface area contributed by atoms with Crippen LogP contribution in [0.2, 0.25) is 0 Å². The number of nitrogens with zero attached hydrogens (tertiary/aromatic N) is 1. The predicted octanol–water partition coefficient (Wildman–Crippen LogP) is 0.528. The Morgan fingerprint density at radius 3 is 2.71 bits per heavy atom. The van der Waals surface area contributed by atoms with E-state index in [0.29, 0.717) is 13.0 Å². The van der Waals surface area contributed by atoms with Crippen LogP contribution in [-0.2, 0) is 4.74 Å². The first-order chi connectivity index (χ1) is 6.52. The molecule has 0 radical (unpaired) electrons. The number of nitrogens with one attached hydrogen (secondary N) is 1. The molecule has 0 spiro atoms. The van der Waals surface area contributed by atoms with E-state index >= 15 is 0 Å². The van der Waals surface area contributed by atoms with Gasteiger partial charge in [0.2, 0.25) is 0 Å². The molecule has 0 rings (SSSR count). The number of amidine groups is 1. The lowest BCUT2D eigenvalue weighted by Gasteiger charge is -2.25. The molecule has 0 aliphatic rings. The lowest BCUT2D eigenvalue weighted by atomic mass is 10.1. The maximum absolute atomic E-state index is 8.30. The van der Waals surface area contributed by atoms with Gasteiger partial charge in [-0.15, -0.1) is 0 Å². The Morgan fingerprint density at radius 1 is 1.57 bits per heavy atom. The molecule has 0 aliphatic heterocycles. The second-order valence-corrected chi connectivity index (χ2v) is 3.94. The van der Waals surface area contributed by atoms with Crippen molar-refractivity contribution in [2.45, 2.75) is 32.2 Å². The van der Waals surface area contributed by atoms with E-state index in [1.807, 2.05) is 0 Å². The molecule has 0 aromatic heterocycles. The number of methoxy groups -OCH3 is 1. The molecule has 0 amide bonds. The van der Waals surface area contributed by atoms with Crippen molar-refractivity contribution in [2.75, 3.05) is 20.3 Å². The van der Waals surface area contributed by atoms with Gasteiger partial charge in [0, 0.05) is 19.1 Å². The van der Waals surface area contributed by atoms with Gasteiger partial charge < -0.3 is 21.0 Å². The minimum atomic E-state index is -0.0279. The summed E-state index contributed by atoms with van der Waals surface area (Å²) >= 11 is 0. The van der Waals surface area contributed by atoms with E-state index in [1.54, 1.807) is 7.11 Å². The molecule has 0 aliphatic carbocycles. The van der Waals surface area contributed by atoms with Crippen LogP contribution in [0.25, 0.3) is 0 Å². The van der Waals surface area contributed by atoms with Crippen molar-refractivity contribution in [3.63, 3.8) is 0 Å². The van der Waals surface area contributed by atoms with Crippen LogP contribution in [-0.4, -0.2) is 36.8 Å². The lowest BCUT2D eigenvalue weighted by molar-refractivity contribution is 0.129. The Hall–Kier alpha value is -0.810. The summed E-state index contributed by atoms with van der Waals surface area (Å²) in [7, 11) is 1.68. The molecule has 0 fully saturated rings. The van der Waals surface area contributed by atoms with Gasteiger partial charge in [-0.25, -0.2) is 0 Å². The van der Waals surface area contributed by atoms with E-state index in [4.69, 9.17) is 15.7 Å². The van der Waals surface area contributed by atoms with Gasteiger partial charge in [0.15, 0.2) is 0 Å². The highest BCUT2D eigenvalue weighted by atomic mass is 16.5. The zero-order valence-corrected chi connectivity index (χ0v) is 9.21. The van der Waals surface area contributed by atoms with Gasteiger partial charge in [0.1, 0.15) is 5.84 Å². The zero-order valence-electron chi connectivity index (χ0n) is 9.21. The van der Waals surface area contributed by atoms with Crippen LogP contribution in [0.15, 0.2) is 5.16 Å². The third-order valence-electron chi connectivity index (χ3n) is 1.85. The molecule has 0 atom stereocenters. The maximum atomic E-state index is 8.30. The molecule has 0 saturated heterocycles. The highest BCUT2D eigenvalue weighted by molar-refractivity contribution is 5.79. The third-order valence-corrected chi connectivity index (χ3v) is 1.85. The summed E-state index contributed by atoms with van der Waals surface area (Å²) in [5.74, 6) is 0.274. The highest BCUT2D eigenvalue weighted by Gasteiger charge is 2.15. The molecule has 14 heavy (non-hydrogen) atoms. The summed E-state index contributed by atoms with van der Waals surface area (Å²) in [6, 6.07) is 0. The van der Waals surface area contributed by atoms with E-state index in [0.717, 1.165) is 13.0 Å². The van der Waals surface area contributed by atoms with Crippen LogP contribution in [0.3, 0.4) is 0 Å². The van der Waals surface area contributed by atoms with E-state index in [-0.39, 0.29) is 11.4 Å². The van der Waals surface area contributed by atoms with Crippen molar-refractivity contribution in [2.24, 2.45) is 10.9 Å². The van der Waals surface area contributed by atoms with Crippen molar-refractivity contribution in [1.29, 1.82) is 0 Å². The second-order valence-electron chi connectivity index (χ2n) is 3.94. The average molecular weight is 203 g/mol. The van der Waals surface area contributed by atoms with Crippen molar-refractivity contribution in [3.05, 3.63) is 0 Å². The Kier molecular flexibility index (Phi) is 6.23. The van der Waals surface area contributed by atoms with E-state index < -0.39 is 0 Å². The van der Waals surface area contributed by atoms with Gasteiger partial charge in [-0.1, -0.05) is 5.16 Å². The average Bonchev–Trinajstić information content (AvgIpc) is 2.12. The molecule has 0 aromatic rings. The SMILES string of the molecule is COCC(C)(C)NCCCC(N)=NO. The Morgan fingerprint density at radius 2 is 2.21 bits per heavy atom. The first-order valence-corrected chi connectivity index (χ1v) is 4.72. The topological polar surface area (TPSA) is 79.9 Å². The predicted molar refractivity (Wildman–Crippen MR) is 56.6 cm³/mol. The number of hydrogen-bond donors (Lipinski definition) is 3. The maximum Gasteiger partial charge on any atom is 0.139 e. The summed E-state index contributed by atoms with van der Waals surface area (Å²) < 4.78 is 5.06. The summed E-state index contributed by atoms with van der Waals surface area (Å²) in [6.45, 7) is 5.63. The van der Waals surface area contributed by atoms with Crippen LogP contribution in [0.4, 0.5) is 0 Å². The van der Waals surface area contributed by atoms with E-state index in [1.165, 1.54) is 0 Å². The fraction of sp³-hybridized carbons (Fsp3) is 0.889. The fourth-order valence-electron chi connectivity index (χ4n) is 1.16. The van der Waals surface area contributed by atoms with Crippen molar-refractivity contribution < 1.29 is 9.94 Å². The van der Waals surface area contributed by atoms with Crippen LogP contribution < -0.4 is 11.1 Å². The molecule has 5 nitrogen and oxygen atoms in total. The molecule has 0 heterocycles. The molecule has 0 bridgehead atoms. The second kappa shape index (κ2) is 6.62. The summed E-state index contributed by atoms with van der Waals surface area (Å²) in [5.41, 5.74) is 5.30.